The van der Waals surface area contributed by atoms with Crippen LogP contribution < -0.4 is 20.9 Å². The largest absolute Gasteiger partial charge is 0.469 e. The van der Waals surface area contributed by atoms with E-state index in [9.17, 15) is 4.79 Å². The number of ether oxygens (including phenoxy) is 1. The van der Waals surface area contributed by atoms with E-state index < -0.39 is 0 Å². The molecule has 246 valence electrons. The van der Waals surface area contributed by atoms with E-state index in [-0.39, 0.29) is 22.2 Å². The Morgan fingerprint density at radius 2 is 1.09 bits per heavy atom. The minimum Gasteiger partial charge on any atom is -0.469 e. The molecule has 2 heteroatoms. The zero-order chi connectivity index (χ0) is 34.3. The average molecular weight is 683 g/mol. The van der Waals surface area contributed by atoms with Gasteiger partial charge in [-0.1, -0.05) is 91.0 Å². The molecular weight excluding hydrogens is 657 g/mol. The highest BCUT2D eigenvalue weighted by Crippen LogP contribution is 2.92. The molecule has 9 aliphatic rings. The van der Waals surface area contributed by atoms with Crippen LogP contribution >= 0.6 is 0 Å². The Kier molecular flexibility index (Phi) is 3.16. The number of rotatable bonds is 5. The van der Waals surface area contributed by atoms with Crippen molar-refractivity contribution in [3.8, 4) is 0 Å². The van der Waals surface area contributed by atoms with Crippen LogP contribution in [0.5, 0.6) is 0 Å². The highest BCUT2D eigenvalue weighted by atomic mass is 16.5. The molecule has 0 amide bonds. The minimum atomic E-state index is -0.262. The molecule has 0 aliphatic heterocycles. The molecule has 0 N–H and O–H groups in total. The van der Waals surface area contributed by atoms with Gasteiger partial charge in [-0.15, -0.1) is 0 Å². The molecule has 0 bridgehead atoms. The molecule has 0 aromatic heterocycles. The van der Waals surface area contributed by atoms with Crippen LogP contribution in [0.25, 0.3) is 97.7 Å². The third-order valence-electron chi connectivity index (χ3n) is 17.4. The first-order valence-electron chi connectivity index (χ1n) is 20.0. The zero-order valence-electron chi connectivity index (χ0n) is 29.3. The number of benzene rings is 7. The summed E-state index contributed by atoms with van der Waals surface area (Å²) < 4.78 is 5.30. The first-order valence-corrected chi connectivity index (χ1v) is 20.0. The predicted octanol–water partition coefficient (Wildman–Crippen LogP) is 7.83. The molecular formula is C52H26O2. The van der Waals surface area contributed by atoms with Gasteiger partial charge in [0.1, 0.15) is 0 Å². The van der Waals surface area contributed by atoms with E-state index in [1.54, 1.807) is 76.3 Å². The number of fused-ring (bicyclic) bond motifs is 1. The molecule has 0 radical (unpaired) electrons. The zero-order valence-corrected chi connectivity index (χ0v) is 29.3. The maximum absolute atomic E-state index is 12.9. The van der Waals surface area contributed by atoms with Gasteiger partial charge in [-0.2, -0.15) is 0 Å². The van der Waals surface area contributed by atoms with Gasteiger partial charge >= 0.3 is 5.97 Å². The number of carbonyl (C=O) groups excluding carboxylic acids is 1. The lowest BCUT2D eigenvalue weighted by molar-refractivity contribution is -0.140. The van der Waals surface area contributed by atoms with Gasteiger partial charge in [-0.25, -0.2) is 0 Å². The quantitative estimate of drug-likeness (QED) is 0.137. The molecule has 0 heterocycles. The second-order valence-electron chi connectivity index (χ2n) is 18.1. The van der Waals surface area contributed by atoms with Crippen molar-refractivity contribution in [2.24, 2.45) is 0 Å². The third-order valence-corrected chi connectivity index (χ3v) is 17.4. The van der Waals surface area contributed by atoms with Crippen LogP contribution in [0.2, 0.25) is 0 Å². The summed E-state index contributed by atoms with van der Waals surface area (Å²) in [5.74, 6) is 0.643. The normalized spacial score (nSPS) is 29.1. The summed E-state index contributed by atoms with van der Waals surface area (Å²) in [6.07, 6.45) is 12.3. The van der Waals surface area contributed by atoms with Crippen molar-refractivity contribution in [1.29, 1.82) is 0 Å². The Labute approximate surface area is 306 Å². The molecule has 9 aromatic carbocycles. The van der Waals surface area contributed by atoms with Crippen LogP contribution in [-0.4, -0.2) is 13.1 Å². The summed E-state index contributed by atoms with van der Waals surface area (Å²) >= 11 is 0. The van der Waals surface area contributed by atoms with Crippen molar-refractivity contribution in [2.45, 2.75) is 47.3 Å². The van der Waals surface area contributed by atoms with Crippen molar-refractivity contribution in [1.82, 2.24) is 0 Å². The topological polar surface area (TPSA) is 26.3 Å². The van der Waals surface area contributed by atoms with Crippen molar-refractivity contribution < 1.29 is 9.53 Å². The number of hydrogen-bond acceptors (Lipinski definition) is 2. The Balaban J connectivity index is 1.22. The lowest BCUT2D eigenvalue weighted by Crippen LogP contribution is -2.27. The van der Waals surface area contributed by atoms with E-state index in [2.05, 4.69) is 91.0 Å². The summed E-state index contributed by atoms with van der Waals surface area (Å²) in [4.78, 5) is 12.9. The Morgan fingerprint density at radius 3 is 1.78 bits per heavy atom. The highest BCUT2D eigenvalue weighted by Gasteiger charge is 2.93. The lowest BCUT2D eigenvalue weighted by Gasteiger charge is -2.35. The van der Waals surface area contributed by atoms with Crippen LogP contribution in [0.15, 0.2) is 91.0 Å². The van der Waals surface area contributed by atoms with E-state index in [1.807, 2.05) is 0 Å². The van der Waals surface area contributed by atoms with Gasteiger partial charge in [-0.05, 0) is 159 Å². The van der Waals surface area contributed by atoms with Gasteiger partial charge in [0.2, 0.25) is 0 Å². The average Bonchev–Trinajstić information content (AvgIpc) is 3.86. The maximum Gasteiger partial charge on any atom is 0.305 e. The smallest absolute Gasteiger partial charge is 0.305 e. The predicted molar refractivity (Wildman–Crippen MR) is 216 cm³/mol. The Bertz CT molecular complexity index is 3990. The van der Waals surface area contributed by atoms with E-state index in [4.69, 9.17) is 4.74 Å². The fourth-order valence-corrected chi connectivity index (χ4v) is 16.7. The van der Waals surface area contributed by atoms with E-state index in [0.29, 0.717) is 18.3 Å². The molecule has 1 saturated carbocycles. The van der Waals surface area contributed by atoms with Crippen LogP contribution in [-0.2, 0) is 25.8 Å². The number of allylic oxidation sites excluding steroid dienone is 4. The van der Waals surface area contributed by atoms with E-state index in [1.165, 1.54) is 77.2 Å². The summed E-state index contributed by atoms with van der Waals surface area (Å²) in [7, 11) is 1.54. The number of esters is 1. The Morgan fingerprint density at radius 1 is 0.556 bits per heavy atom. The van der Waals surface area contributed by atoms with Gasteiger partial charge in [0.15, 0.2) is 0 Å². The molecule has 1 fully saturated rings. The first kappa shape index (κ1) is 25.1. The number of hydrogen-bond donors (Lipinski definition) is 0. The SMILES string of the molecule is COC(=O)CCCC1(c2ccccc2)C23C4=c5ccc6c7c8c9c(c2c57)c2c5c7c(ccc%10c%11ccc%12c%13c(c9c2c(c%13%11)c7%10)C2C=%12C=CC=6C82)=C(C=C4)C513. The first-order chi connectivity index (χ1) is 26.7. The van der Waals surface area contributed by atoms with E-state index >= 15 is 0 Å². The van der Waals surface area contributed by atoms with Crippen LogP contribution in [0, 0.1) is 0 Å². The molecule has 54 heavy (non-hydrogen) atoms. The van der Waals surface area contributed by atoms with Crippen molar-refractivity contribution in [3.05, 3.63) is 140 Å². The van der Waals surface area contributed by atoms with Crippen molar-refractivity contribution >= 4 is 104 Å². The van der Waals surface area contributed by atoms with Gasteiger partial charge in [-0.3, -0.25) is 4.79 Å². The standard InChI is InChI=1S/C52H26O2/c1-54-31(53)8-5-19-50(20-6-3-2-4-7-20)51-29-17-18-30-28-16-14-26-24-12-10-22-21-9-11-23-25-13-15-27(29)38-36(25)41-34(23)32(21)40-33(22)35(24)42-37(26)39(28)49(52(30,50)51)47-45(42)43(40)44(41)46(47)48(38)51/h2-4,6-7,9-18,32,34H,5,8,19H2,1H3. The number of carbonyl (C=O) groups is 1. The second kappa shape index (κ2) is 6.80. The van der Waals surface area contributed by atoms with E-state index in [0.717, 1.165) is 12.8 Å². The number of methoxy groups -OCH3 is 1. The molecule has 2 spiro atoms. The summed E-state index contributed by atoms with van der Waals surface area (Å²) in [6.45, 7) is 0. The van der Waals surface area contributed by atoms with Gasteiger partial charge in [0, 0.05) is 34.5 Å². The van der Waals surface area contributed by atoms with Crippen LogP contribution in [0.1, 0.15) is 58.9 Å². The van der Waals surface area contributed by atoms with Crippen molar-refractivity contribution in [3.63, 3.8) is 0 Å². The third kappa shape index (κ3) is 1.75. The molecule has 9 aliphatic carbocycles. The second-order valence-corrected chi connectivity index (χ2v) is 18.1. The van der Waals surface area contributed by atoms with Crippen LogP contribution in [0.4, 0.5) is 0 Å². The molecule has 0 saturated heterocycles. The van der Waals surface area contributed by atoms with Gasteiger partial charge < -0.3 is 4.74 Å². The molecule has 5 atom stereocenters. The van der Waals surface area contributed by atoms with Gasteiger partial charge in [0.25, 0.3) is 0 Å². The monoisotopic (exact) mass is 682 g/mol. The molecule has 18 rings (SSSR count). The summed E-state index contributed by atoms with van der Waals surface area (Å²) in [6, 6.07) is 26.6. The van der Waals surface area contributed by atoms with Gasteiger partial charge in [0.05, 0.1) is 7.11 Å². The summed E-state index contributed by atoms with van der Waals surface area (Å²) in [5, 5.41) is 27.5. The lowest BCUT2D eigenvalue weighted by atomic mass is 9.67. The fraction of sp³-hybridized carbons (Fsp3) is 0.173. The Hall–Kier alpha value is -5.99. The maximum atomic E-state index is 12.9. The minimum absolute atomic E-state index is 0.109. The molecule has 2 nitrogen and oxygen atoms in total. The highest BCUT2D eigenvalue weighted by molar-refractivity contribution is 6.53. The van der Waals surface area contributed by atoms with Crippen LogP contribution in [0.3, 0.4) is 0 Å². The molecule has 9 aromatic rings. The molecule has 5 unspecified atom stereocenters. The summed E-state index contributed by atoms with van der Waals surface area (Å²) in [5.41, 5.74) is 13.3. The fourth-order valence-electron chi connectivity index (χ4n) is 16.7. The van der Waals surface area contributed by atoms with Crippen molar-refractivity contribution in [2.75, 3.05) is 7.11 Å².